The maximum absolute atomic E-state index is 14.0. The lowest BCUT2D eigenvalue weighted by molar-refractivity contribution is -0.605. The first-order valence-electron chi connectivity index (χ1n) is 18.5. The Bertz CT molecular complexity index is 2010. The van der Waals surface area contributed by atoms with E-state index in [0.717, 1.165) is 51.2 Å². The number of anilines is 1. The fourth-order valence-corrected chi connectivity index (χ4v) is 7.70. The topological polar surface area (TPSA) is 122 Å². The highest BCUT2D eigenvalue weighted by Gasteiger charge is 2.38. The second-order valence-corrected chi connectivity index (χ2v) is 15.1. The fraction of sp³-hybridized carbons (Fsp3) is 0.390. The van der Waals surface area contributed by atoms with Crippen LogP contribution >= 0.6 is 23.2 Å². The van der Waals surface area contributed by atoms with Crippen molar-refractivity contribution in [2.24, 2.45) is 11.8 Å². The highest BCUT2D eigenvalue weighted by atomic mass is 35.5. The number of aromatic nitrogens is 1. The summed E-state index contributed by atoms with van der Waals surface area (Å²) in [5, 5.41) is 15.4. The molecule has 0 spiro atoms. The van der Waals surface area contributed by atoms with Gasteiger partial charge >= 0.3 is 18.6 Å². The molecule has 1 N–H and O–H groups in total. The van der Waals surface area contributed by atoms with Gasteiger partial charge in [-0.15, -0.1) is 0 Å². The number of fused-ring (bicyclic) bond motifs is 3. The van der Waals surface area contributed by atoms with E-state index in [1.165, 1.54) is 18.2 Å². The molecule has 2 unspecified atom stereocenters. The minimum atomic E-state index is -3.09. The van der Waals surface area contributed by atoms with Gasteiger partial charge in [-0.25, -0.2) is 9.59 Å². The van der Waals surface area contributed by atoms with Crippen molar-refractivity contribution in [1.29, 1.82) is 0 Å². The first kappa shape index (κ1) is 39.4. The molecule has 3 aromatic carbocycles. The van der Waals surface area contributed by atoms with Crippen molar-refractivity contribution in [1.82, 2.24) is 4.90 Å². The SMILES string of the molecule is COc1ccc(C(Nc2cccc(C(=O)OC(Cc3c(Cl)c[n+]([O-])cc3Cl)c3ccc(OC(F)F)c(OCC4CC4)c3)c2)C(=O)O[C@H]2CN3CCC2CC3)cc1. The molecule has 11 nitrogen and oxygen atoms in total. The predicted octanol–water partition coefficient (Wildman–Crippen LogP) is 7.96. The molecule has 3 saturated heterocycles. The Kier molecular flexibility index (Phi) is 12.3. The molecule has 4 aliphatic rings. The largest absolute Gasteiger partial charge is 0.619 e. The molecule has 1 aliphatic carbocycles. The summed E-state index contributed by atoms with van der Waals surface area (Å²) in [6, 6.07) is 16.9. The van der Waals surface area contributed by atoms with E-state index in [1.807, 2.05) is 0 Å². The van der Waals surface area contributed by atoms with E-state index in [2.05, 4.69) is 10.2 Å². The number of nitrogens with zero attached hydrogens (tertiary/aromatic N) is 2. The number of methoxy groups -OCH3 is 1. The Hall–Kier alpha value is -4.85. The van der Waals surface area contributed by atoms with Crippen LogP contribution in [0, 0.1) is 17.0 Å². The quantitative estimate of drug-likeness (QED) is 0.0678. The normalized spacial score (nSPS) is 19.9. The zero-order valence-corrected chi connectivity index (χ0v) is 32.0. The molecule has 4 heterocycles. The van der Waals surface area contributed by atoms with Crippen LogP contribution in [0.4, 0.5) is 14.5 Å². The van der Waals surface area contributed by atoms with Crippen LogP contribution in [-0.2, 0) is 20.7 Å². The van der Waals surface area contributed by atoms with Crippen molar-refractivity contribution < 1.29 is 46.8 Å². The molecule has 3 atom stereocenters. The van der Waals surface area contributed by atoms with Crippen molar-refractivity contribution in [2.75, 3.05) is 38.7 Å². The lowest BCUT2D eigenvalue weighted by Gasteiger charge is -2.44. The van der Waals surface area contributed by atoms with Crippen molar-refractivity contribution in [3.05, 3.63) is 117 Å². The maximum atomic E-state index is 14.0. The summed E-state index contributed by atoms with van der Waals surface area (Å²) in [4.78, 5) is 30.2. The Labute approximate surface area is 332 Å². The molecule has 8 rings (SSSR count). The third kappa shape index (κ3) is 9.74. The van der Waals surface area contributed by atoms with Crippen molar-refractivity contribution in [3.8, 4) is 17.2 Å². The number of benzene rings is 3. The Morgan fingerprint density at radius 3 is 2.30 bits per heavy atom. The first-order valence-corrected chi connectivity index (χ1v) is 19.2. The van der Waals surface area contributed by atoms with Gasteiger partial charge in [-0.2, -0.15) is 13.5 Å². The third-order valence-electron chi connectivity index (χ3n) is 10.4. The van der Waals surface area contributed by atoms with Gasteiger partial charge < -0.3 is 34.2 Å². The molecule has 296 valence electrons. The molecule has 3 aliphatic heterocycles. The highest BCUT2D eigenvalue weighted by Crippen LogP contribution is 2.38. The molecule has 15 heteroatoms. The summed E-state index contributed by atoms with van der Waals surface area (Å²) in [6.45, 7) is -0.0893. The molecular formula is C41H41Cl2F2N3O8. The summed E-state index contributed by atoms with van der Waals surface area (Å²) in [6.07, 6.45) is 4.76. The van der Waals surface area contributed by atoms with E-state index < -0.39 is 30.7 Å². The predicted molar refractivity (Wildman–Crippen MR) is 203 cm³/mol. The van der Waals surface area contributed by atoms with Gasteiger partial charge in [0.25, 0.3) is 0 Å². The zero-order valence-electron chi connectivity index (χ0n) is 30.5. The number of rotatable bonds is 16. The van der Waals surface area contributed by atoms with Gasteiger partial charge in [-0.3, -0.25) is 4.90 Å². The number of carbonyl (C=O) groups excluding carboxylic acids is 2. The average Bonchev–Trinajstić information content (AvgIpc) is 4.02. The van der Waals surface area contributed by atoms with Crippen LogP contribution in [0.2, 0.25) is 10.0 Å². The molecule has 1 aromatic heterocycles. The summed E-state index contributed by atoms with van der Waals surface area (Å²) in [5.41, 5.74) is 1.93. The van der Waals surface area contributed by atoms with E-state index in [1.54, 1.807) is 55.6 Å². The Morgan fingerprint density at radius 1 is 0.946 bits per heavy atom. The summed E-state index contributed by atoms with van der Waals surface area (Å²) < 4.78 is 55.3. The highest BCUT2D eigenvalue weighted by molar-refractivity contribution is 6.35. The molecule has 0 radical (unpaired) electrons. The minimum Gasteiger partial charge on any atom is -0.619 e. The van der Waals surface area contributed by atoms with Crippen LogP contribution in [-0.4, -0.2) is 62.9 Å². The smallest absolute Gasteiger partial charge is 0.387 e. The van der Waals surface area contributed by atoms with E-state index in [4.69, 9.17) is 46.9 Å². The van der Waals surface area contributed by atoms with Crippen LogP contribution in [0.3, 0.4) is 0 Å². The standard InChI is InChI=1S/C41H41Cl2F2N3O8/c1-52-30-10-7-26(8-11-30)38(40(50)55-37-22-47-15-13-25(37)14-16-47)46-29-4-2-3-28(17-29)39(49)54-35(19-31-32(42)20-48(51)21-33(31)43)27-9-12-34(56-41(44)45)36(18-27)53-23-24-5-6-24/h2-4,7-12,17-18,20-21,24-25,35,37-38,41,46H,5-6,13-16,19,22-23H2,1H3/t35?,37-,38?/m0/s1. The van der Waals surface area contributed by atoms with E-state index >= 15 is 0 Å². The molecule has 4 aromatic rings. The molecule has 56 heavy (non-hydrogen) atoms. The van der Waals surface area contributed by atoms with Gasteiger partial charge in [-0.1, -0.05) is 47.5 Å². The number of pyridine rings is 1. The number of alkyl halides is 2. The second-order valence-electron chi connectivity index (χ2n) is 14.3. The Morgan fingerprint density at radius 2 is 1.66 bits per heavy atom. The number of nitrogens with one attached hydrogen (secondary N) is 1. The number of halogens is 4. The zero-order chi connectivity index (χ0) is 39.3. The van der Waals surface area contributed by atoms with Gasteiger partial charge in [0.2, 0.25) is 0 Å². The van der Waals surface area contributed by atoms with Crippen LogP contribution in [0.1, 0.15) is 64.9 Å². The van der Waals surface area contributed by atoms with Gasteiger partial charge in [0.05, 0.1) is 19.3 Å². The van der Waals surface area contributed by atoms with E-state index in [0.29, 0.717) is 57.8 Å². The number of hydrogen-bond acceptors (Lipinski definition) is 10. The van der Waals surface area contributed by atoms with Gasteiger partial charge in [-0.05, 0) is 104 Å². The number of ether oxygens (including phenoxy) is 5. The molecular weight excluding hydrogens is 771 g/mol. The van der Waals surface area contributed by atoms with E-state index in [9.17, 15) is 23.6 Å². The molecule has 0 amide bonds. The number of esters is 2. The van der Waals surface area contributed by atoms with Gasteiger partial charge in [0, 0.05) is 24.2 Å². The van der Waals surface area contributed by atoms with Crippen molar-refractivity contribution in [3.63, 3.8) is 0 Å². The third-order valence-corrected chi connectivity index (χ3v) is 11.0. The summed E-state index contributed by atoms with van der Waals surface area (Å²) in [5.74, 6) is -0.0707. The van der Waals surface area contributed by atoms with Gasteiger partial charge in [0.1, 0.15) is 28.0 Å². The van der Waals surface area contributed by atoms with Crippen LogP contribution < -0.4 is 24.3 Å². The van der Waals surface area contributed by atoms with Gasteiger partial charge in [0.15, 0.2) is 29.9 Å². The number of carbonyl (C=O) groups is 2. The van der Waals surface area contributed by atoms with Crippen LogP contribution in [0.25, 0.3) is 0 Å². The molecule has 2 bridgehead atoms. The van der Waals surface area contributed by atoms with Crippen molar-refractivity contribution in [2.45, 2.75) is 57.0 Å². The lowest BCUT2D eigenvalue weighted by atomic mass is 9.86. The minimum absolute atomic E-state index is 0.0392. The van der Waals surface area contributed by atoms with Crippen LogP contribution in [0.5, 0.6) is 17.2 Å². The number of hydrogen-bond donors (Lipinski definition) is 1. The number of piperidine rings is 3. The summed E-state index contributed by atoms with van der Waals surface area (Å²) in [7, 11) is 1.56. The van der Waals surface area contributed by atoms with Crippen LogP contribution in [0.15, 0.2) is 79.1 Å². The fourth-order valence-electron chi connectivity index (χ4n) is 7.10. The Balaban J connectivity index is 1.15. The molecule has 4 fully saturated rings. The first-order chi connectivity index (χ1) is 27.0. The maximum Gasteiger partial charge on any atom is 0.387 e. The lowest BCUT2D eigenvalue weighted by Crippen LogP contribution is -2.52. The average molecular weight is 813 g/mol. The monoisotopic (exact) mass is 811 g/mol. The second kappa shape index (κ2) is 17.5. The molecule has 1 saturated carbocycles. The summed E-state index contributed by atoms with van der Waals surface area (Å²) >= 11 is 12.9. The van der Waals surface area contributed by atoms with Crippen molar-refractivity contribution >= 4 is 40.8 Å². The van der Waals surface area contributed by atoms with E-state index in [-0.39, 0.29) is 39.6 Å².